The summed E-state index contributed by atoms with van der Waals surface area (Å²) in [6, 6.07) is 12.8. The molecule has 0 aliphatic carbocycles. The molecule has 0 radical (unpaired) electrons. The van der Waals surface area contributed by atoms with Crippen LogP contribution >= 0.6 is 35.4 Å². The van der Waals surface area contributed by atoms with Gasteiger partial charge in [0.05, 0.1) is 23.4 Å². The molecule has 1 heterocycles. The SMILES string of the molecule is COc1c(Cl)cc(/C=N\n2c(COc3ccccc3)n[nH]c2=S)cc1Cl. The van der Waals surface area contributed by atoms with Gasteiger partial charge in [-0.3, -0.25) is 0 Å². The van der Waals surface area contributed by atoms with E-state index >= 15 is 0 Å². The van der Waals surface area contributed by atoms with Crippen LogP contribution in [0, 0.1) is 4.77 Å². The quantitative estimate of drug-likeness (QED) is 0.473. The average molecular weight is 409 g/mol. The highest BCUT2D eigenvalue weighted by molar-refractivity contribution is 7.71. The number of H-pyrrole nitrogens is 1. The Kier molecular flexibility index (Phi) is 5.92. The van der Waals surface area contributed by atoms with Crippen LogP contribution in [-0.4, -0.2) is 28.2 Å². The zero-order chi connectivity index (χ0) is 18.5. The number of aromatic nitrogens is 3. The Morgan fingerprint density at radius 1 is 1.23 bits per heavy atom. The summed E-state index contributed by atoms with van der Waals surface area (Å²) in [6.45, 7) is 0.207. The van der Waals surface area contributed by atoms with Crippen LogP contribution in [0.1, 0.15) is 11.4 Å². The molecule has 1 aromatic heterocycles. The van der Waals surface area contributed by atoms with Crippen molar-refractivity contribution < 1.29 is 9.47 Å². The maximum absolute atomic E-state index is 6.14. The van der Waals surface area contributed by atoms with Crippen molar-refractivity contribution in [3.8, 4) is 11.5 Å². The molecule has 9 heteroatoms. The van der Waals surface area contributed by atoms with Crippen LogP contribution in [-0.2, 0) is 6.61 Å². The molecular formula is C17H14Cl2N4O2S. The van der Waals surface area contributed by atoms with Gasteiger partial charge < -0.3 is 9.47 Å². The molecule has 0 saturated carbocycles. The van der Waals surface area contributed by atoms with Gasteiger partial charge in [0.1, 0.15) is 12.4 Å². The first-order chi connectivity index (χ1) is 12.6. The summed E-state index contributed by atoms with van der Waals surface area (Å²) < 4.78 is 12.6. The van der Waals surface area contributed by atoms with Crippen molar-refractivity contribution >= 4 is 41.6 Å². The maximum Gasteiger partial charge on any atom is 0.216 e. The number of hydrogen-bond acceptors (Lipinski definition) is 5. The largest absolute Gasteiger partial charge is 0.494 e. The molecular weight excluding hydrogens is 395 g/mol. The molecule has 3 rings (SSSR count). The number of methoxy groups -OCH3 is 1. The molecule has 0 spiro atoms. The number of ether oxygens (including phenoxy) is 2. The summed E-state index contributed by atoms with van der Waals surface area (Å²) in [7, 11) is 1.50. The van der Waals surface area contributed by atoms with E-state index in [4.69, 9.17) is 44.9 Å². The van der Waals surface area contributed by atoms with E-state index in [1.54, 1.807) is 18.3 Å². The molecule has 0 aliphatic heterocycles. The van der Waals surface area contributed by atoms with E-state index in [0.29, 0.717) is 32.0 Å². The van der Waals surface area contributed by atoms with Gasteiger partial charge in [-0.2, -0.15) is 14.9 Å². The fourth-order valence-corrected chi connectivity index (χ4v) is 3.03. The number of nitrogens with one attached hydrogen (secondary N) is 1. The summed E-state index contributed by atoms with van der Waals surface area (Å²) in [5.74, 6) is 1.67. The second-order valence-electron chi connectivity index (χ2n) is 5.12. The van der Waals surface area contributed by atoms with Gasteiger partial charge in [-0.1, -0.05) is 41.4 Å². The van der Waals surface area contributed by atoms with Crippen molar-refractivity contribution in [2.45, 2.75) is 6.61 Å². The first kappa shape index (κ1) is 18.4. The summed E-state index contributed by atoms with van der Waals surface area (Å²) in [5.41, 5.74) is 0.693. The lowest BCUT2D eigenvalue weighted by Crippen LogP contribution is -2.04. The third-order valence-electron chi connectivity index (χ3n) is 3.38. The van der Waals surface area contributed by atoms with E-state index in [0.717, 1.165) is 5.75 Å². The highest BCUT2D eigenvalue weighted by atomic mass is 35.5. The first-order valence-corrected chi connectivity index (χ1v) is 8.66. The third kappa shape index (κ3) is 4.24. The average Bonchev–Trinajstić information content (AvgIpc) is 2.98. The fourth-order valence-electron chi connectivity index (χ4n) is 2.17. The molecule has 0 atom stereocenters. The van der Waals surface area contributed by atoms with Gasteiger partial charge in [-0.25, -0.2) is 5.10 Å². The van der Waals surface area contributed by atoms with Crippen LogP contribution in [0.15, 0.2) is 47.6 Å². The second-order valence-corrected chi connectivity index (χ2v) is 6.32. The second kappa shape index (κ2) is 8.35. The Hall–Kier alpha value is -2.35. The monoisotopic (exact) mass is 408 g/mol. The molecule has 134 valence electrons. The predicted molar refractivity (Wildman–Crippen MR) is 104 cm³/mol. The molecule has 1 N–H and O–H groups in total. The van der Waals surface area contributed by atoms with E-state index in [1.165, 1.54) is 11.8 Å². The Bertz CT molecular complexity index is 963. The van der Waals surface area contributed by atoms with Crippen molar-refractivity contribution in [1.29, 1.82) is 0 Å². The summed E-state index contributed by atoms with van der Waals surface area (Å²) in [5, 5.41) is 12.0. The topological polar surface area (TPSA) is 64.4 Å². The Labute approximate surface area is 165 Å². The highest BCUT2D eigenvalue weighted by Crippen LogP contribution is 2.33. The zero-order valence-electron chi connectivity index (χ0n) is 13.6. The highest BCUT2D eigenvalue weighted by Gasteiger charge is 2.09. The summed E-state index contributed by atoms with van der Waals surface area (Å²) in [4.78, 5) is 0. The number of para-hydroxylation sites is 1. The standard InChI is InChI=1S/C17H14Cl2N4O2S/c1-24-16-13(18)7-11(8-14(16)19)9-20-23-15(21-22-17(23)26)10-25-12-5-3-2-4-6-12/h2-9H,10H2,1H3,(H,22,26)/b20-9-. The van der Waals surface area contributed by atoms with Crippen LogP contribution in [0.2, 0.25) is 10.0 Å². The Balaban J connectivity index is 1.81. The number of aromatic amines is 1. The number of nitrogens with zero attached hydrogens (tertiary/aromatic N) is 3. The first-order valence-electron chi connectivity index (χ1n) is 7.50. The van der Waals surface area contributed by atoms with Crippen LogP contribution in [0.5, 0.6) is 11.5 Å². The van der Waals surface area contributed by atoms with E-state index in [1.807, 2.05) is 30.3 Å². The molecule has 2 aromatic carbocycles. The number of halogens is 2. The molecule has 0 amide bonds. The van der Waals surface area contributed by atoms with Crippen molar-refractivity contribution in [3.05, 3.63) is 68.7 Å². The van der Waals surface area contributed by atoms with Crippen LogP contribution < -0.4 is 9.47 Å². The van der Waals surface area contributed by atoms with E-state index in [2.05, 4.69) is 15.3 Å². The van der Waals surface area contributed by atoms with Gasteiger partial charge in [-0.05, 0) is 42.0 Å². The van der Waals surface area contributed by atoms with Gasteiger partial charge in [0.15, 0.2) is 11.6 Å². The fraction of sp³-hybridized carbons (Fsp3) is 0.118. The smallest absolute Gasteiger partial charge is 0.216 e. The summed E-state index contributed by atoms with van der Waals surface area (Å²) >= 11 is 17.5. The van der Waals surface area contributed by atoms with Crippen LogP contribution in [0.3, 0.4) is 0 Å². The molecule has 0 saturated heterocycles. The van der Waals surface area contributed by atoms with Gasteiger partial charge >= 0.3 is 0 Å². The van der Waals surface area contributed by atoms with Crippen molar-refractivity contribution in [3.63, 3.8) is 0 Å². The van der Waals surface area contributed by atoms with E-state index in [9.17, 15) is 0 Å². The lowest BCUT2D eigenvalue weighted by atomic mass is 10.2. The molecule has 26 heavy (non-hydrogen) atoms. The van der Waals surface area contributed by atoms with Gasteiger partial charge in [-0.15, -0.1) is 0 Å². The molecule has 6 nitrogen and oxygen atoms in total. The molecule has 0 bridgehead atoms. The lowest BCUT2D eigenvalue weighted by Gasteiger charge is -2.07. The predicted octanol–water partition coefficient (Wildman–Crippen LogP) is 4.72. The van der Waals surface area contributed by atoms with E-state index in [-0.39, 0.29) is 6.61 Å². The number of rotatable bonds is 6. The van der Waals surface area contributed by atoms with Gasteiger partial charge in [0.25, 0.3) is 0 Å². The molecule has 3 aromatic rings. The Morgan fingerprint density at radius 2 is 1.92 bits per heavy atom. The van der Waals surface area contributed by atoms with Gasteiger partial charge in [0.2, 0.25) is 4.77 Å². The molecule has 0 aliphatic rings. The molecule has 0 fully saturated rings. The van der Waals surface area contributed by atoms with E-state index < -0.39 is 0 Å². The number of benzene rings is 2. The van der Waals surface area contributed by atoms with Crippen molar-refractivity contribution in [2.24, 2.45) is 5.10 Å². The number of hydrogen-bond donors (Lipinski definition) is 1. The van der Waals surface area contributed by atoms with Crippen molar-refractivity contribution in [1.82, 2.24) is 14.9 Å². The molecule has 0 unspecified atom stereocenters. The zero-order valence-corrected chi connectivity index (χ0v) is 16.0. The minimum absolute atomic E-state index is 0.207. The summed E-state index contributed by atoms with van der Waals surface area (Å²) in [6.07, 6.45) is 1.58. The Morgan fingerprint density at radius 3 is 2.58 bits per heavy atom. The minimum Gasteiger partial charge on any atom is -0.494 e. The lowest BCUT2D eigenvalue weighted by molar-refractivity contribution is 0.290. The minimum atomic E-state index is 0.207. The van der Waals surface area contributed by atoms with Crippen LogP contribution in [0.25, 0.3) is 0 Å². The normalized spacial score (nSPS) is 11.0. The van der Waals surface area contributed by atoms with Crippen LogP contribution in [0.4, 0.5) is 0 Å². The van der Waals surface area contributed by atoms with Crippen molar-refractivity contribution in [2.75, 3.05) is 7.11 Å². The van der Waals surface area contributed by atoms with Gasteiger partial charge in [0, 0.05) is 0 Å². The maximum atomic E-state index is 6.14. The third-order valence-corrected chi connectivity index (χ3v) is 4.20.